The van der Waals surface area contributed by atoms with E-state index >= 15 is 0 Å². The van der Waals surface area contributed by atoms with Crippen LogP contribution in [0.15, 0.2) is 30.0 Å². The van der Waals surface area contributed by atoms with Crippen LogP contribution in [0.5, 0.6) is 0 Å². The average molecular weight is 397 g/mol. The molecule has 9 heteroatoms. The molecule has 0 spiro atoms. The Labute approximate surface area is 157 Å². The van der Waals surface area contributed by atoms with E-state index in [0.717, 1.165) is 16.9 Å². The average Bonchev–Trinajstić information content (AvgIpc) is 3.05. The largest absolute Gasteiger partial charge is 0.327 e. The molecule has 2 heterocycles. The van der Waals surface area contributed by atoms with Gasteiger partial charge in [0.2, 0.25) is 0 Å². The molecule has 1 amide bonds. The van der Waals surface area contributed by atoms with Gasteiger partial charge in [-0.25, -0.2) is 14.4 Å². The number of thiophene rings is 1. The number of halogens is 2. The Hall–Kier alpha value is -1.90. The van der Waals surface area contributed by atoms with Crippen molar-refractivity contribution in [2.24, 2.45) is 0 Å². The van der Waals surface area contributed by atoms with Crippen molar-refractivity contribution in [3.8, 4) is 0 Å². The summed E-state index contributed by atoms with van der Waals surface area (Å²) in [6.45, 7) is 2.04. The van der Waals surface area contributed by atoms with Gasteiger partial charge in [0.25, 0.3) is 5.91 Å². The van der Waals surface area contributed by atoms with Gasteiger partial charge >= 0.3 is 0 Å². The minimum atomic E-state index is -0.599. The monoisotopic (exact) mass is 396 g/mol. The van der Waals surface area contributed by atoms with Crippen molar-refractivity contribution in [1.29, 1.82) is 0 Å². The number of aromatic nitrogens is 2. The standard InChI is InChI=1S/C16H14ClFN4OS2/c1-2-5-25-22-11-4-3-10(17)15(13(11)18)21-16(23)9-7-24-12-6-19-8-20-14(9)12/h3-4,6-8,22H,2,5H2,1H3,(H,21,23). The zero-order valence-electron chi connectivity index (χ0n) is 13.2. The van der Waals surface area contributed by atoms with E-state index < -0.39 is 11.7 Å². The highest BCUT2D eigenvalue weighted by Gasteiger charge is 2.19. The number of amides is 1. The molecule has 2 aromatic heterocycles. The summed E-state index contributed by atoms with van der Waals surface area (Å²) in [5, 5.41) is 4.35. The van der Waals surface area contributed by atoms with E-state index in [4.69, 9.17) is 11.6 Å². The molecule has 0 aliphatic rings. The van der Waals surface area contributed by atoms with Crippen molar-refractivity contribution in [1.82, 2.24) is 9.97 Å². The maximum absolute atomic E-state index is 14.7. The Bertz CT molecular complexity index is 918. The second-order valence-electron chi connectivity index (χ2n) is 5.07. The SMILES string of the molecule is CCCSNc1ccc(Cl)c(NC(=O)c2csc3cncnc23)c1F. The Morgan fingerprint density at radius 2 is 2.28 bits per heavy atom. The van der Waals surface area contributed by atoms with E-state index in [1.807, 2.05) is 6.92 Å². The van der Waals surface area contributed by atoms with E-state index in [2.05, 4.69) is 20.0 Å². The summed E-state index contributed by atoms with van der Waals surface area (Å²) in [5.41, 5.74) is 1.11. The van der Waals surface area contributed by atoms with E-state index in [1.54, 1.807) is 23.7 Å². The number of nitrogens with one attached hydrogen (secondary N) is 2. The molecule has 0 radical (unpaired) electrons. The second-order valence-corrected chi connectivity index (χ2v) is 7.29. The quantitative estimate of drug-likeness (QED) is 0.442. The van der Waals surface area contributed by atoms with Gasteiger partial charge in [0, 0.05) is 17.3 Å². The zero-order valence-corrected chi connectivity index (χ0v) is 15.6. The molecule has 5 nitrogen and oxygen atoms in total. The van der Waals surface area contributed by atoms with E-state index in [-0.39, 0.29) is 16.4 Å². The van der Waals surface area contributed by atoms with Crippen molar-refractivity contribution in [2.45, 2.75) is 13.3 Å². The first-order chi connectivity index (χ1) is 12.1. The Morgan fingerprint density at radius 3 is 3.08 bits per heavy atom. The summed E-state index contributed by atoms with van der Waals surface area (Å²) >= 11 is 8.82. The predicted molar refractivity (Wildman–Crippen MR) is 103 cm³/mol. The molecule has 0 saturated carbocycles. The molecule has 130 valence electrons. The van der Waals surface area contributed by atoms with E-state index in [9.17, 15) is 9.18 Å². The van der Waals surface area contributed by atoms with Crippen molar-refractivity contribution < 1.29 is 9.18 Å². The van der Waals surface area contributed by atoms with Crippen LogP contribution in [0.4, 0.5) is 15.8 Å². The number of hydrogen-bond acceptors (Lipinski definition) is 6. The molecule has 3 aromatic rings. The molecule has 0 saturated heterocycles. The van der Waals surface area contributed by atoms with E-state index in [1.165, 1.54) is 29.6 Å². The molecular formula is C16H14ClFN4OS2. The van der Waals surface area contributed by atoms with Crippen LogP contribution in [0.3, 0.4) is 0 Å². The van der Waals surface area contributed by atoms with Gasteiger partial charge in [-0.1, -0.05) is 30.5 Å². The lowest BCUT2D eigenvalue weighted by atomic mass is 10.2. The highest BCUT2D eigenvalue weighted by Crippen LogP contribution is 2.33. The van der Waals surface area contributed by atoms with Gasteiger partial charge < -0.3 is 10.0 Å². The van der Waals surface area contributed by atoms with Crippen molar-refractivity contribution in [3.63, 3.8) is 0 Å². The number of hydrogen-bond donors (Lipinski definition) is 2. The number of carbonyl (C=O) groups excluding carboxylic acids is 1. The van der Waals surface area contributed by atoms with Gasteiger partial charge in [-0.3, -0.25) is 4.79 Å². The lowest BCUT2D eigenvalue weighted by Crippen LogP contribution is -2.14. The summed E-state index contributed by atoms with van der Waals surface area (Å²) in [6.07, 6.45) is 3.96. The number of fused-ring (bicyclic) bond motifs is 1. The fourth-order valence-corrected chi connectivity index (χ4v) is 3.77. The number of rotatable bonds is 6. The maximum Gasteiger partial charge on any atom is 0.258 e. The zero-order chi connectivity index (χ0) is 17.8. The van der Waals surface area contributed by atoms with Crippen molar-refractivity contribution in [3.05, 3.63) is 46.4 Å². The van der Waals surface area contributed by atoms with Crippen LogP contribution in [0.25, 0.3) is 10.2 Å². The summed E-state index contributed by atoms with van der Waals surface area (Å²) < 4.78 is 18.4. The number of nitrogens with zero attached hydrogens (tertiary/aromatic N) is 2. The smallest absolute Gasteiger partial charge is 0.258 e. The van der Waals surface area contributed by atoms with Crippen LogP contribution in [-0.2, 0) is 0 Å². The van der Waals surface area contributed by atoms with Crippen molar-refractivity contribution >= 4 is 62.4 Å². The number of anilines is 2. The highest BCUT2D eigenvalue weighted by atomic mass is 35.5. The molecule has 25 heavy (non-hydrogen) atoms. The normalized spacial score (nSPS) is 10.8. The van der Waals surface area contributed by atoms with Gasteiger partial charge in [0.15, 0.2) is 5.82 Å². The summed E-state index contributed by atoms with van der Waals surface area (Å²) in [5.74, 6) is -0.229. The molecule has 0 unspecified atom stereocenters. The number of carbonyl (C=O) groups is 1. The maximum atomic E-state index is 14.7. The van der Waals surface area contributed by atoms with Gasteiger partial charge in [0.1, 0.15) is 6.33 Å². The minimum Gasteiger partial charge on any atom is -0.327 e. The van der Waals surface area contributed by atoms with Crippen LogP contribution in [0, 0.1) is 5.82 Å². The van der Waals surface area contributed by atoms with Gasteiger partial charge in [0.05, 0.1) is 32.2 Å². The molecule has 1 aromatic carbocycles. The van der Waals surface area contributed by atoms with Crippen LogP contribution >= 0.6 is 34.9 Å². The fourth-order valence-electron chi connectivity index (χ4n) is 2.10. The van der Waals surface area contributed by atoms with Gasteiger partial charge in [-0.15, -0.1) is 11.3 Å². The predicted octanol–water partition coefficient (Wildman–Crippen LogP) is 5.21. The third-order valence-electron chi connectivity index (χ3n) is 3.30. The third kappa shape index (κ3) is 3.86. The third-order valence-corrected chi connectivity index (χ3v) is 5.50. The Balaban J connectivity index is 1.86. The highest BCUT2D eigenvalue weighted by molar-refractivity contribution is 8.00. The van der Waals surface area contributed by atoms with Gasteiger partial charge in [-0.2, -0.15) is 0 Å². The van der Waals surface area contributed by atoms with Gasteiger partial charge in [-0.05, 0) is 18.6 Å². The molecule has 3 rings (SSSR count). The van der Waals surface area contributed by atoms with Crippen LogP contribution in [0.1, 0.15) is 23.7 Å². The second kappa shape index (κ2) is 7.99. The lowest BCUT2D eigenvalue weighted by Gasteiger charge is -2.12. The van der Waals surface area contributed by atoms with Crippen molar-refractivity contribution in [2.75, 3.05) is 15.8 Å². The lowest BCUT2D eigenvalue weighted by molar-refractivity contribution is 0.102. The Kier molecular flexibility index (Phi) is 5.72. The minimum absolute atomic E-state index is 0.0535. The molecular weight excluding hydrogens is 383 g/mol. The first kappa shape index (κ1) is 17.9. The first-order valence-corrected chi connectivity index (χ1v) is 9.70. The summed E-state index contributed by atoms with van der Waals surface area (Å²) in [7, 11) is 0. The summed E-state index contributed by atoms with van der Waals surface area (Å²) in [4.78, 5) is 20.6. The van der Waals surface area contributed by atoms with E-state index in [0.29, 0.717) is 11.1 Å². The topological polar surface area (TPSA) is 66.9 Å². The molecule has 2 N–H and O–H groups in total. The molecule has 0 fully saturated rings. The Morgan fingerprint density at radius 1 is 1.44 bits per heavy atom. The fraction of sp³-hybridized carbons (Fsp3) is 0.188. The van der Waals surface area contributed by atoms with Crippen LogP contribution < -0.4 is 10.0 Å². The molecule has 0 aliphatic carbocycles. The number of benzene rings is 1. The molecule has 0 atom stereocenters. The van der Waals surface area contributed by atoms with Crippen LogP contribution in [0.2, 0.25) is 5.02 Å². The molecule has 0 aliphatic heterocycles. The summed E-state index contributed by atoms with van der Waals surface area (Å²) in [6, 6.07) is 3.09. The van der Waals surface area contributed by atoms with Crippen LogP contribution in [-0.4, -0.2) is 21.6 Å². The first-order valence-electron chi connectivity index (χ1n) is 7.46. The molecule has 0 bridgehead atoms.